The Labute approximate surface area is 141 Å². The van der Waals surface area contributed by atoms with Crippen LogP contribution in [0.2, 0.25) is 0 Å². The van der Waals surface area contributed by atoms with Crippen LogP contribution in [0.25, 0.3) is 6.08 Å². The first-order chi connectivity index (χ1) is 11.5. The van der Waals surface area contributed by atoms with E-state index in [-0.39, 0.29) is 17.2 Å². The number of Topliss-reactive ketones (excluding diaryl/α,β-unsaturated/α-hetero) is 1. The summed E-state index contributed by atoms with van der Waals surface area (Å²) in [5, 5.41) is 4.27. The van der Waals surface area contributed by atoms with Crippen LogP contribution in [0.4, 0.5) is 10.1 Å². The molecule has 0 radical (unpaired) electrons. The van der Waals surface area contributed by atoms with Crippen molar-refractivity contribution in [3.63, 3.8) is 0 Å². The Hall–Kier alpha value is -2.80. The summed E-state index contributed by atoms with van der Waals surface area (Å²) in [6.45, 7) is 0.726. The minimum atomic E-state index is -0.795. The fourth-order valence-corrected chi connectivity index (χ4v) is 2.44. The molecule has 1 heterocycles. The van der Waals surface area contributed by atoms with E-state index in [2.05, 4.69) is 5.32 Å². The van der Waals surface area contributed by atoms with E-state index >= 15 is 0 Å². The van der Waals surface area contributed by atoms with Gasteiger partial charge >= 0.3 is 5.97 Å². The lowest BCUT2D eigenvalue weighted by atomic mass is 10.1. The molecule has 5 nitrogen and oxygen atoms in total. The molecule has 0 aliphatic rings. The summed E-state index contributed by atoms with van der Waals surface area (Å²) < 4.78 is 18.7. The summed E-state index contributed by atoms with van der Waals surface area (Å²) in [7, 11) is 0. The number of carbonyl (C=O) groups is 3. The molecule has 0 spiro atoms. The van der Waals surface area contributed by atoms with E-state index in [1.165, 1.54) is 36.5 Å². The Morgan fingerprint density at radius 1 is 1.29 bits per heavy atom. The second kappa shape index (κ2) is 8.16. The number of esters is 1. The van der Waals surface area contributed by atoms with Gasteiger partial charge in [0.15, 0.2) is 6.61 Å². The van der Waals surface area contributed by atoms with Crippen LogP contribution in [0.5, 0.6) is 0 Å². The van der Waals surface area contributed by atoms with Crippen LogP contribution in [0.1, 0.15) is 22.2 Å². The van der Waals surface area contributed by atoms with Gasteiger partial charge in [0.2, 0.25) is 11.7 Å². The minimum absolute atomic E-state index is 0.209. The van der Waals surface area contributed by atoms with Crippen LogP contribution in [-0.2, 0) is 14.3 Å². The number of thiophene rings is 1. The van der Waals surface area contributed by atoms with Crippen molar-refractivity contribution >= 4 is 40.8 Å². The van der Waals surface area contributed by atoms with Gasteiger partial charge in [-0.3, -0.25) is 9.59 Å². The number of anilines is 1. The summed E-state index contributed by atoms with van der Waals surface area (Å²) in [6, 6.07) is 7.33. The average Bonchev–Trinajstić information content (AvgIpc) is 3.03. The van der Waals surface area contributed by atoms with Gasteiger partial charge in [0, 0.05) is 23.6 Å². The maximum atomic E-state index is 13.9. The van der Waals surface area contributed by atoms with Gasteiger partial charge in [-0.2, -0.15) is 0 Å². The van der Waals surface area contributed by atoms with Gasteiger partial charge in [-0.05, 0) is 35.7 Å². The first-order valence-electron chi connectivity index (χ1n) is 6.94. The molecule has 0 fully saturated rings. The number of benzene rings is 1. The molecule has 1 amide bonds. The molecule has 0 unspecified atom stereocenters. The standard InChI is InChI=1S/C17H14FNO4S/c1-11(20)19-12-4-6-14(15(18)9-12)16(21)10-23-17(22)7-5-13-3-2-8-24-13/h2-9H,10H2,1H3,(H,19,20). The number of amides is 1. The lowest BCUT2D eigenvalue weighted by molar-refractivity contribution is -0.136. The maximum absolute atomic E-state index is 13.9. The summed E-state index contributed by atoms with van der Waals surface area (Å²) in [4.78, 5) is 35.2. The molecule has 0 aliphatic heterocycles. The zero-order valence-corrected chi connectivity index (χ0v) is 13.6. The monoisotopic (exact) mass is 347 g/mol. The number of rotatable bonds is 6. The van der Waals surface area contributed by atoms with E-state index in [0.29, 0.717) is 0 Å². The summed E-state index contributed by atoms with van der Waals surface area (Å²) >= 11 is 1.45. The van der Waals surface area contributed by atoms with Crippen molar-refractivity contribution in [3.05, 3.63) is 58.0 Å². The fraction of sp³-hybridized carbons (Fsp3) is 0.118. The average molecular weight is 347 g/mol. The zero-order valence-electron chi connectivity index (χ0n) is 12.7. The lowest BCUT2D eigenvalue weighted by Gasteiger charge is -2.06. The third-order valence-electron chi connectivity index (χ3n) is 2.86. The second-order valence-corrected chi connectivity index (χ2v) is 5.73. The highest BCUT2D eigenvalue weighted by Crippen LogP contribution is 2.15. The highest BCUT2D eigenvalue weighted by atomic mass is 32.1. The number of hydrogen-bond donors (Lipinski definition) is 1. The Morgan fingerprint density at radius 2 is 2.08 bits per heavy atom. The van der Waals surface area contributed by atoms with Crippen molar-refractivity contribution in [1.29, 1.82) is 0 Å². The second-order valence-electron chi connectivity index (χ2n) is 4.76. The van der Waals surface area contributed by atoms with Gasteiger partial charge < -0.3 is 10.1 Å². The Kier molecular flexibility index (Phi) is 5.97. The summed E-state index contributed by atoms with van der Waals surface area (Å²) in [6.07, 6.45) is 2.77. The molecule has 0 saturated carbocycles. The third kappa shape index (κ3) is 5.13. The van der Waals surface area contributed by atoms with Gasteiger partial charge in [0.1, 0.15) is 5.82 Å². The van der Waals surface area contributed by atoms with Gasteiger partial charge in [-0.1, -0.05) is 6.07 Å². The first kappa shape index (κ1) is 17.6. The van der Waals surface area contributed by atoms with Gasteiger partial charge in [0.25, 0.3) is 0 Å². The normalized spacial score (nSPS) is 10.6. The fourth-order valence-electron chi connectivity index (χ4n) is 1.82. The molecule has 1 aromatic heterocycles. The molecule has 24 heavy (non-hydrogen) atoms. The van der Waals surface area contributed by atoms with E-state index in [9.17, 15) is 18.8 Å². The molecule has 1 N–H and O–H groups in total. The summed E-state index contributed by atoms with van der Waals surface area (Å²) in [5.41, 5.74) is 0.0339. The molecule has 0 atom stereocenters. The number of carbonyl (C=O) groups excluding carboxylic acids is 3. The number of hydrogen-bond acceptors (Lipinski definition) is 5. The van der Waals surface area contributed by atoms with Crippen LogP contribution >= 0.6 is 11.3 Å². The molecule has 0 bridgehead atoms. The maximum Gasteiger partial charge on any atom is 0.331 e. The number of halogens is 1. The van der Waals surface area contributed by atoms with Gasteiger partial charge in [0.05, 0.1) is 5.56 Å². The van der Waals surface area contributed by atoms with Gasteiger partial charge in [-0.25, -0.2) is 9.18 Å². The van der Waals surface area contributed by atoms with Crippen molar-refractivity contribution < 1.29 is 23.5 Å². The van der Waals surface area contributed by atoms with Crippen LogP contribution in [0.15, 0.2) is 41.8 Å². The highest BCUT2D eigenvalue weighted by Gasteiger charge is 2.14. The van der Waals surface area contributed by atoms with Crippen LogP contribution in [-0.4, -0.2) is 24.3 Å². The molecule has 2 aromatic rings. The van der Waals surface area contributed by atoms with Crippen LogP contribution in [0, 0.1) is 5.82 Å². The molecule has 1 aromatic carbocycles. The minimum Gasteiger partial charge on any atom is -0.454 e. The third-order valence-corrected chi connectivity index (χ3v) is 3.70. The molecule has 0 aliphatic carbocycles. The molecule has 0 saturated heterocycles. The lowest BCUT2D eigenvalue weighted by Crippen LogP contribution is -2.14. The van der Waals surface area contributed by atoms with Gasteiger partial charge in [-0.15, -0.1) is 11.3 Å². The predicted octanol–water partition coefficient (Wildman–Crippen LogP) is 3.28. The smallest absolute Gasteiger partial charge is 0.331 e. The SMILES string of the molecule is CC(=O)Nc1ccc(C(=O)COC(=O)C=Cc2cccs2)c(F)c1. The number of ketones is 1. The molecular formula is C17H14FNO4S. The molecule has 124 valence electrons. The Morgan fingerprint density at radius 3 is 2.71 bits per heavy atom. The number of nitrogens with one attached hydrogen (secondary N) is 1. The molecule has 7 heteroatoms. The van der Waals surface area contributed by atoms with Crippen LogP contribution in [0.3, 0.4) is 0 Å². The van der Waals surface area contributed by atoms with E-state index in [1.54, 1.807) is 6.08 Å². The quantitative estimate of drug-likeness (QED) is 0.494. The van der Waals surface area contributed by atoms with Crippen molar-refractivity contribution in [1.82, 2.24) is 0 Å². The van der Waals surface area contributed by atoms with Crippen molar-refractivity contribution in [2.75, 3.05) is 11.9 Å². The first-order valence-corrected chi connectivity index (χ1v) is 7.82. The van der Waals surface area contributed by atoms with Crippen molar-refractivity contribution in [2.24, 2.45) is 0 Å². The van der Waals surface area contributed by atoms with E-state index < -0.39 is 24.2 Å². The van der Waals surface area contributed by atoms with E-state index in [0.717, 1.165) is 10.9 Å². The highest BCUT2D eigenvalue weighted by molar-refractivity contribution is 7.10. The van der Waals surface area contributed by atoms with Crippen molar-refractivity contribution in [3.8, 4) is 0 Å². The number of ether oxygens (including phenoxy) is 1. The Balaban J connectivity index is 1.92. The topological polar surface area (TPSA) is 72.5 Å². The van der Waals surface area contributed by atoms with E-state index in [1.807, 2.05) is 17.5 Å². The zero-order chi connectivity index (χ0) is 17.5. The predicted molar refractivity (Wildman–Crippen MR) is 89.3 cm³/mol. The Bertz CT molecular complexity index is 784. The van der Waals surface area contributed by atoms with Crippen molar-refractivity contribution in [2.45, 2.75) is 6.92 Å². The summed E-state index contributed by atoms with van der Waals surface area (Å²) in [5.74, 6) is -2.50. The molecular weight excluding hydrogens is 333 g/mol. The largest absolute Gasteiger partial charge is 0.454 e. The van der Waals surface area contributed by atoms with Crippen LogP contribution < -0.4 is 5.32 Å². The molecule has 2 rings (SSSR count). The van der Waals surface area contributed by atoms with E-state index in [4.69, 9.17) is 4.74 Å².